The molecule has 1 unspecified atom stereocenters. The summed E-state index contributed by atoms with van der Waals surface area (Å²) in [4.78, 5) is 58.3. The van der Waals surface area contributed by atoms with E-state index in [-0.39, 0.29) is 36.4 Å². The number of benzene rings is 2. The highest BCUT2D eigenvalue weighted by atomic mass is 35.5. The average Bonchev–Trinajstić information content (AvgIpc) is 4.00. The SMILES string of the molecule is COC(=O)C[C@@H]1N=C(c2ccc(Cl)cc2)c2c(sc(C(=O)N3CCN(CCCCC(=O)C[C@@H]4N=C(c5ccc(Cl)cc5)c5c(sc(C)c5C)-n5c(C)nnc54)CC3)c2C)C2C(C)=NN=C21. The van der Waals surface area contributed by atoms with Crippen LogP contribution in [0.2, 0.25) is 10.0 Å². The van der Waals surface area contributed by atoms with Crippen LogP contribution in [0.1, 0.15) is 115 Å². The Hall–Kier alpha value is -5.19. The van der Waals surface area contributed by atoms with Crippen LogP contribution in [0, 0.1) is 27.7 Å². The third-order valence-corrected chi connectivity index (χ3v) is 15.9. The van der Waals surface area contributed by atoms with E-state index in [1.807, 2.05) is 74.2 Å². The second-order valence-corrected chi connectivity index (χ2v) is 20.1. The van der Waals surface area contributed by atoms with Gasteiger partial charge in [-0.15, -0.1) is 32.9 Å². The van der Waals surface area contributed by atoms with Gasteiger partial charge in [0.2, 0.25) is 0 Å². The number of aliphatic imine (C=N–C) groups is 2. The molecule has 0 aliphatic carbocycles. The van der Waals surface area contributed by atoms with Gasteiger partial charge in [-0.3, -0.25) is 33.8 Å². The van der Waals surface area contributed by atoms with Crippen molar-refractivity contribution >= 4 is 86.4 Å². The molecule has 0 spiro atoms. The van der Waals surface area contributed by atoms with Crippen molar-refractivity contribution in [2.45, 2.75) is 84.7 Å². The van der Waals surface area contributed by atoms with Crippen LogP contribution in [0.5, 0.6) is 0 Å². The van der Waals surface area contributed by atoms with Gasteiger partial charge in [-0.25, -0.2) is 0 Å². The fourth-order valence-corrected chi connectivity index (χ4v) is 12.1. The van der Waals surface area contributed by atoms with Crippen molar-refractivity contribution in [3.05, 3.63) is 118 Å². The Balaban J connectivity index is 0.849. The molecular formula is C48H49Cl2N9O4S2. The lowest BCUT2D eigenvalue weighted by molar-refractivity contribution is -0.140. The first kappa shape index (κ1) is 45.0. The molecule has 336 valence electrons. The fraction of sp³-hybridized carbons (Fsp3) is 0.396. The monoisotopic (exact) mass is 949 g/mol. The number of fused-ring (bicyclic) bond motifs is 6. The van der Waals surface area contributed by atoms with Gasteiger partial charge in [0.1, 0.15) is 28.7 Å². The number of rotatable bonds is 12. The van der Waals surface area contributed by atoms with Crippen LogP contribution < -0.4 is 0 Å². The number of aromatic nitrogens is 3. The van der Waals surface area contributed by atoms with Gasteiger partial charge >= 0.3 is 5.97 Å². The number of halogens is 2. The Morgan fingerprint density at radius 1 is 0.754 bits per heavy atom. The fourth-order valence-electron chi connectivity index (χ4n) is 9.22. The number of Topliss-reactive ketones (excluding diaryl/α,β-unsaturated/α-hetero) is 1. The zero-order chi connectivity index (χ0) is 45.7. The largest absolute Gasteiger partial charge is 0.469 e. The van der Waals surface area contributed by atoms with Crippen LogP contribution in [0.15, 0.2) is 68.7 Å². The second kappa shape index (κ2) is 18.6. The lowest BCUT2D eigenvalue weighted by Crippen LogP contribution is -2.48. The molecular weight excluding hydrogens is 902 g/mol. The van der Waals surface area contributed by atoms with Crippen molar-refractivity contribution in [3.63, 3.8) is 0 Å². The van der Waals surface area contributed by atoms with Crippen molar-refractivity contribution in [2.75, 3.05) is 39.8 Å². The highest BCUT2D eigenvalue weighted by molar-refractivity contribution is 7.15. The number of esters is 1. The Labute approximate surface area is 396 Å². The lowest BCUT2D eigenvalue weighted by atomic mass is 9.88. The number of hydrogen-bond donors (Lipinski definition) is 0. The van der Waals surface area contributed by atoms with Crippen molar-refractivity contribution in [1.29, 1.82) is 0 Å². The summed E-state index contributed by atoms with van der Waals surface area (Å²) in [6.07, 6.45) is 2.31. The Kier molecular flexibility index (Phi) is 12.9. The molecule has 2 aromatic carbocycles. The number of nitrogens with zero attached hydrogens (tertiary/aromatic N) is 9. The summed E-state index contributed by atoms with van der Waals surface area (Å²) in [6.45, 7) is 13.6. The van der Waals surface area contributed by atoms with Crippen molar-refractivity contribution in [3.8, 4) is 5.00 Å². The number of ether oxygens (including phenoxy) is 1. The Bertz CT molecular complexity index is 2830. The van der Waals surface area contributed by atoms with Gasteiger partial charge in [-0.05, 0) is 89.4 Å². The number of piperazine rings is 1. The van der Waals surface area contributed by atoms with Gasteiger partial charge in [0.15, 0.2) is 5.82 Å². The second-order valence-electron chi connectivity index (χ2n) is 17.0. The van der Waals surface area contributed by atoms with Gasteiger partial charge in [0.05, 0.1) is 47.2 Å². The van der Waals surface area contributed by atoms with Crippen LogP contribution in [0.4, 0.5) is 0 Å². The van der Waals surface area contributed by atoms with Crippen LogP contribution in [0.25, 0.3) is 5.00 Å². The van der Waals surface area contributed by atoms with E-state index in [4.69, 9.17) is 37.9 Å². The van der Waals surface area contributed by atoms with Gasteiger partial charge in [0.25, 0.3) is 5.91 Å². The number of hydrogen-bond acceptors (Lipinski definition) is 13. The minimum atomic E-state index is -0.579. The van der Waals surface area contributed by atoms with E-state index in [9.17, 15) is 14.4 Å². The maximum absolute atomic E-state index is 14.4. The molecule has 7 heterocycles. The molecule has 9 rings (SSSR count). The maximum Gasteiger partial charge on any atom is 0.308 e. The predicted molar refractivity (Wildman–Crippen MR) is 259 cm³/mol. The summed E-state index contributed by atoms with van der Waals surface area (Å²) in [7, 11) is 1.37. The minimum absolute atomic E-state index is 0.00905. The first-order valence-electron chi connectivity index (χ1n) is 21.9. The van der Waals surface area contributed by atoms with Crippen molar-refractivity contribution in [2.24, 2.45) is 20.2 Å². The lowest BCUT2D eigenvalue weighted by Gasteiger charge is -2.34. The van der Waals surface area contributed by atoms with E-state index in [0.29, 0.717) is 51.7 Å². The standard InChI is InChI=1S/C48H49Cl2N9O4S2/c1-25-28(4)64-48-39(25)42(31-12-16-33(50)17-13-31)52-36(46-56-54-29(5)59(46)48)23-34(60)9-7-8-18-57-19-21-58(22-20-57)47(62)44-26(2)38-41(30-10-14-32(49)15-11-30)51-35(24-37(61)63-6)43-40(45(38)65-44)27(3)53-55-43/h10-17,35-36,40H,7-9,18-24H2,1-6H3/t35-,36-,40?/m0/s1. The summed E-state index contributed by atoms with van der Waals surface area (Å²) in [5, 5.41) is 20.3. The number of amides is 1. The van der Waals surface area contributed by atoms with Crippen molar-refractivity contribution < 1.29 is 19.1 Å². The molecule has 0 N–H and O–H groups in total. The highest BCUT2D eigenvalue weighted by Gasteiger charge is 2.42. The van der Waals surface area contributed by atoms with Crippen LogP contribution >= 0.6 is 45.9 Å². The first-order valence-corrected chi connectivity index (χ1v) is 24.3. The summed E-state index contributed by atoms with van der Waals surface area (Å²) in [6, 6.07) is 14.1. The number of thiophene rings is 2. The molecule has 5 aromatic rings. The zero-order valence-electron chi connectivity index (χ0n) is 37.2. The maximum atomic E-state index is 14.4. The third kappa shape index (κ3) is 8.69. The first-order chi connectivity index (χ1) is 31.3. The Morgan fingerprint density at radius 2 is 1.40 bits per heavy atom. The molecule has 13 nitrogen and oxygen atoms in total. The highest BCUT2D eigenvalue weighted by Crippen LogP contribution is 2.43. The molecule has 0 radical (unpaired) electrons. The number of carbonyl (C=O) groups excluding carboxylic acids is 3. The van der Waals surface area contributed by atoms with Gasteiger partial charge < -0.3 is 9.64 Å². The number of unbranched alkanes of at least 4 members (excludes halogenated alkanes) is 1. The molecule has 17 heteroatoms. The van der Waals surface area contributed by atoms with E-state index in [1.165, 1.54) is 23.3 Å². The smallest absolute Gasteiger partial charge is 0.308 e. The summed E-state index contributed by atoms with van der Waals surface area (Å²) >= 11 is 15.7. The summed E-state index contributed by atoms with van der Waals surface area (Å²) in [5.74, 6) is 0.887. The number of carbonyl (C=O) groups is 3. The number of ketones is 1. The van der Waals surface area contributed by atoms with Gasteiger partial charge in [-0.1, -0.05) is 47.5 Å². The van der Waals surface area contributed by atoms with E-state index in [1.54, 1.807) is 11.3 Å². The molecule has 3 aromatic heterocycles. The molecule has 1 amide bonds. The van der Waals surface area contributed by atoms with Gasteiger partial charge in [-0.2, -0.15) is 10.2 Å². The number of aryl methyl sites for hydroxylation is 2. The molecule has 4 aliphatic heterocycles. The average molecular weight is 951 g/mol. The number of methoxy groups -OCH3 is 1. The molecule has 4 aliphatic rings. The van der Waals surface area contributed by atoms with Gasteiger partial charge in [0, 0.05) is 81.1 Å². The molecule has 1 saturated heterocycles. The summed E-state index contributed by atoms with van der Waals surface area (Å²) < 4.78 is 7.13. The molecule has 65 heavy (non-hydrogen) atoms. The van der Waals surface area contributed by atoms with E-state index in [2.05, 4.69) is 43.7 Å². The topological polar surface area (TPSA) is 147 Å². The van der Waals surface area contributed by atoms with E-state index >= 15 is 0 Å². The predicted octanol–water partition coefficient (Wildman–Crippen LogP) is 9.11. The van der Waals surface area contributed by atoms with Crippen LogP contribution in [0.3, 0.4) is 0 Å². The molecule has 1 fully saturated rings. The normalized spacial score (nSPS) is 19.2. The minimum Gasteiger partial charge on any atom is -0.469 e. The van der Waals surface area contributed by atoms with Crippen molar-refractivity contribution in [1.82, 2.24) is 24.6 Å². The zero-order valence-corrected chi connectivity index (χ0v) is 40.3. The third-order valence-electron chi connectivity index (χ3n) is 12.9. The van der Waals surface area contributed by atoms with E-state index in [0.717, 1.165) is 93.0 Å². The van der Waals surface area contributed by atoms with Crippen LogP contribution in [-0.2, 0) is 14.3 Å². The molecule has 0 bridgehead atoms. The molecule has 3 atom stereocenters. The van der Waals surface area contributed by atoms with Crippen LogP contribution in [-0.4, -0.2) is 111 Å². The quantitative estimate of drug-likeness (QED) is 0.0896. The molecule has 0 saturated carbocycles. The Morgan fingerprint density at radius 3 is 2.06 bits per heavy atom. The summed E-state index contributed by atoms with van der Waals surface area (Å²) in [5.41, 5.74) is 8.70. The van der Waals surface area contributed by atoms with E-state index < -0.39 is 12.1 Å².